The molecule has 5 rings (SSSR count). The lowest BCUT2D eigenvalue weighted by molar-refractivity contribution is -0.110. The topological polar surface area (TPSA) is 52.7 Å². The molecule has 5 nitrogen and oxygen atoms in total. The van der Waals surface area contributed by atoms with Gasteiger partial charge in [-0.1, -0.05) is 48.5 Å². The first-order valence-electron chi connectivity index (χ1n) is 10.5. The molecule has 2 aliphatic rings. The molecule has 0 spiro atoms. The van der Waals surface area contributed by atoms with Gasteiger partial charge in [-0.25, -0.2) is 0 Å². The number of piperazine rings is 1. The summed E-state index contributed by atoms with van der Waals surface area (Å²) in [6.07, 6.45) is 1.93. The minimum Gasteiger partial charge on any atom is -0.368 e. The number of rotatable bonds is 3. The van der Waals surface area contributed by atoms with Gasteiger partial charge in [-0.3, -0.25) is 9.59 Å². The van der Waals surface area contributed by atoms with Crippen molar-refractivity contribution < 1.29 is 9.59 Å². The van der Waals surface area contributed by atoms with E-state index in [1.54, 1.807) is 0 Å². The van der Waals surface area contributed by atoms with Gasteiger partial charge in [0.05, 0.1) is 0 Å². The first-order chi connectivity index (χ1) is 15.2. The van der Waals surface area contributed by atoms with E-state index in [0.717, 1.165) is 41.2 Å². The van der Waals surface area contributed by atoms with Crippen LogP contribution in [0, 0.1) is 0 Å². The largest absolute Gasteiger partial charge is 0.368 e. The fourth-order valence-electron chi connectivity index (χ4n) is 4.16. The Morgan fingerprint density at radius 1 is 0.806 bits per heavy atom. The molecule has 0 aliphatic carbocycles. The molecule has 0 saturated carbocycles. The number of amides is 2. The van der Waals surface area contributed by atoms with E-state index in [9.17, 15) is 9.59 Å². The third-order valence-electron chi connectivity index (χ3n) is 5.87. The molecule has 1 fully saturated rings. The lowest BCUT2D eigenvalue weighted by Crippen LogP contribution is -2.48. The third kappa shape index (κ3) is 3.82. The molecule has 0 bridgehead atoms. The van der Waals surface area contributed by atoms with Gasteiger partial charge in [0, 0.05) is 54.3 Å². The maximum atomic E-state index is 12.6. The number of nitrogens with zero attached hydrogens (tertiary/aromatic N) is 2. The molecule has 3 aromatic carbocycles. The van der Waals surface area contributed by atoms with Crippen LogP contribution >= 0.6 is 0 Å². The van der Waals surface area contributed by atoms with Gasteiger partial charge in [-0.2, -0.15) is 0 Å². The maximum Gasteiger partial charge on any atom is 0.256 e. The highest BCUT2D eigenvalue weighted by Gasteiger charge is 2.24. The van der Waals surface area contributed by atoms with E-state index in [1.807, 2.05) is 77.7 Å². The Morgan fingerprint density at radius 2 is 1.48 bits per heavy atom. The van der Waals surface area contributed by atoms with Crippen LogP contribution in [0.5, 0.6) is 0 Å². The summed E-state index contributed by atoms with van der Waals surface area (Å²) < 4.78 is 0. The smallest absolute Gasteiger partial charge is 0.256 e. The summed E-state index contributed by atoms with van der Waals surface area (Å²) in [5.41, 5.74) is 5.35. The number of hydrogen-bond acceptors (Lipinski definition) is 3. The van der Waals surface area contributed by atoms with Crippen LogP contribution in [-0.2, 0) is 4.79 Å². The molecule has 2 heterocycles. The monoisotopic (exact) mass is 409 g/mol. The predicted octanol–water partition coefficient (Wildman–Crippen LogP) is 4.14. The highest BCUT2D eigenvalue weighted by Crippen LogP contribution is 2.33. The quantitative estimate of drug-likeness (QED) is 0.662. The van der Waals surface area contributed by atoms with Gasteiger partial charge in [-0.05, 0) is 42.0 Å². The summed E-state index contributed by atoms with van der Waals surface area (Å²) in [6, 6.07) is 25.4. The van der Waals surface area contributed by atoms with E-state index in [-0.39, 0.29) is 11.8 Å². The fourth-order valence-corrected chi connectivity index (χ4v) is 4.16. The van der Waals surface area contributed by atoms with Crippen molar-refractivity contribution >= 4 is 34.8 Å². The molecule has 154 valence electrons. The van der Waals surface area contributed by atoms with E-state index in [4.69, 9.17) is 0 Å². The Hall–Kier alpha value is -3.86. The van der Waals surface area contributed by atoms with E-state index in [1.165, 1.54) is 0 Å². The number of nitrogens with one attached hydrogen (secondary N) is 1. The first-order valence-corrected chi connectivity index (χ1v) is 10.5. The van der Waals surface area contributed by atoms with E-state index >= 15 is 0 Å². The number of hydrogen-bond donors (Lipinski definition) is 1. The van der Waals surface area contributed by atoms with E-state index < -0.39 is 0 Å². The minimum absolute atomic E-state index is 0.0653. The van der Waals surface area contributed by atoms with Crippen molar-refractivity contribution in [2.24, 2.45) is 0 Å². The number of para-hydroxylation sites is 1. The van der Waals surface area contributed by atoms with Crippen LogP contribution in [-0.4, -0.2) is 42.9 Å². The number of anilines is 2. The standard InChI is InChI=1S/C26H23N3O2/c30-25-23(22-8-4-5-9-24(22)27-25)18-19-10-12-21(13-11-19)28-14-16-29(17-15-28)26(31)20-6-2-1-3-7-20/h1-13,18H,14-17H2,(H,27,30)/b23-18-. The number of benzene rings is 3. The SMILES string of the molecule is O=C1Nc2ccccc2/C1=C/c1ccc(N2CCN(C(=O)c3ccccc3)CC2)cc1. The summed E-state index contributed by atoms with van der Waals surface area (Å²) >= 11 is 0. The average molecular weight is 409 g/mol. The molecule has 31 heavy (non-hydrogen) atoms. The lowest BCUT2D eigenvalue weighted by atomic mass is 10.0. The second-order valence-corrected chi connectivity index (χ2v) is 7.79. The Kier molecular flexibility index (Phi) is 5.00. The highest BCUT2D eigenvalue weighted by atomic mass is 16.2. The van der Waals surface area contributed by atoms with Gasteiger partial charge in [-0.15, -0.1) is 0 Å². The molecule has 5 heteroatoms. The average Bonchev–Trinajstić information content (AvgIpc) is 3.15. The van der Waals surface area contributed by atoms with Crippen molar-refractivity contribution in [3.05, 3.63) is 95.6 Å². The molecular weight excluding hydrogens is 386 g/mol. The van der Waals surface area contributed by atoms with Gasteiger partial charge in [0.2, 0.25) is 0 Å². The Morgan fingerprint density at radius 3 is 2.23 bits per heavy atom. The normalized spacial score (nSPS) is 16.9. The zero-order chi connectivity index (χ0) is 21.2. The molecule has 0 radical (unpaired) electrons. The second-order valence-electron chi connectivity index (χ2n) is 7.79. The summed E-state index contributed by atoms with van der Waals surface area (Å²) in [4.78, 5) is 29.2. The Labute approximate surface area is 181 Å². The predicted molar refractivity (Wildman–Crippen MR) is 124 cm³/mol. The number of carbonyl (C=O) groups is 2. The molecule has 2 aliphatic heterocycles. The zero-order valence-corrected chi connectivity index (χ0v) is 17.1. The fraction of sp³-hybridized carbons (Fsp3) is 0.154. The minimum atomic E-state index is -0.0653. The summed E-state index contributed by atoms with van der Waals surface area (Å²) in [5.74, 6) is 0.0295. The van der Waals surface area contributed by atoms with Gasteiger partial charge in [0.15, 0.2) is 0 Å². The molecule has 0 atom stereocenters. The van der Waals surface area contributed by atoms with Crippen molar-refractivity contribution in [3.8, 4) is 0 Å². The van der Waals surface area contributed by atoms with Crippen LogP contribution in [0.25, 0.3) is 11.6 Å². The Balaban J connectivity index is 1.25. The van der Waals surface area contributed by atoms with Gasteiger partial charge < -0.3 is 15.1 Å². The number of carbonyl (C=O) groups excluding carboxylic acids is 2. The van der Waals surface area contributed by atoms with E-state index in [0.29, 0.717) is 18.7 Å². The highest BCUT2D eigenvalue weighted by molar-refractivity contribution is 6.34. The molecule has 0 aromatic heterocycles. The van der Waals surface area contributed by atoms with Crippen molar-refractivity contribution in [1.29, 1.82) is 0 Å². The molecule has 2 amide bonds. The summed E-state index contributed by atoms with van der Waals surface area (Å²) in [7, 11) is 0. The molecule has 3 aromatic rings. The maximum absolute atomic E-state index is 12.6. The van der Waals surface area contributed by atoms with E-state index in [2.05, 4.69) is 22.3 Å². The third-order valence-corrected chi connectivity index (χ3v) is 5.87. The molecule has 1 saturated heterocycles. The van der Waals surface area contributed by atoms with Crippen molar-refractivity contribution in [2.75, 3.05) is 36.4 Å². The molecule has 1 N–H and O–H groups in total. The van der Waals surface area contributed by atoms with Crippen LogP contribution in [0.1, 0.15) is 21.5 Å². The van der Waals surface area contributed by atoms with Crippen LogP contribution in [0.4, 0.5) is 11.4 Å². The zero-order valence-electron chi connectivity index (χ0n) is 17.1. The van der Waals surface area contributed by atoms with Crippen LogP contribution in [0.2, 0.25) is 0 Å². The Bertz CT molecular complexity index is 1140. The van der Waals surface area contributed by atoms with Crippen LogP contribution < -0.4 is 10.2 Å². The number of fused-ring (bicyclic) bond motifs is 1. The van der Waals surface area contributed by atoms with Crippen molar-refractivity contribution in [1.82, 2.24) is 4.90 Å². The molecule has 0 unspecified atom stereocenters. The summed E-state index contributed by atoms with van der Waals surface area (Å²) in [6.45, 7) is 3.01. The van der Waals surface area contributed by atoms with Gasteiger partial charge in [0.25, 0.3) is 11.8 Å². The lowest BCUT2D eigenvalue weighted by Gasteiger charge is -2.36. The van der Waals surface area contributed by atoms with Crippen molar-refractivity contribution in [2.45, 2.75) is 0 Å². The first kappa shape index (κ1) is 19.1. The van der Waals surface area contributed by atoms with Gasteiger partial charge >= 0.3 is 0 Å². The summed E-state index contributed by atoms with van der Waals surface area (Å²) in [5, 5.41) is 2.91. The molecular formula is C26H23N3O2. The van der Waals surface area contributed by atoms with Crippen LogP contribution in [0.3, 0.4) is 0 Å². The van der Waals surface area contributed by atoms with Crippen molar-refractivity contribution in [3.63, 3.8) is 0 Å². The second kappa shape index (κ2) is 8.11. The van der Waals surface area contributed by atoms with Gasteiger partial charge in [0.1, 0.15) is 0 Å². The van der Waals surface area contributed by atoms with Crippen LogP contribution in [0.15, 0.2) is 78.9 Å².